The number of fused-ring (bicyclic) bond motifs is 2. The zero-order chi connectivity index (χ0) is 29.3. The molecule has 0 unspecified atom stereocenters. The van der Waals surface area contributed by atoms with Gasteiger partial charge in [0.15, 0.2) is 0 Å². The van der Waals surface area contributed by atoms with Gasteiger partial charge in [-0.05, 0) is 73.4 Å². The minimum absolute atomic E-state index is 0. The average molecular weight is 830 g/mol. The van der Waals surface area contributed by atoms with Crippen LogP contribution < -0.4 is 33.7 Å². The van der Waals surface area contributed by atoms with Gasteiger partial charge in [-0.3, -0.25) is 0 Å². The van der Waals surface area contributed by atoms with Gasteiger partial charge < -0.3 is 33.7 Å². The van der Waals surface area contributed by atoms with Gasteiger partial charge in [-0.25, -0.2) is 0 Å². The number of hydrogen-bond donors (Lipinski definition) is 0. The molecule has 0 saturated heterocycles. The Bertz CT molecular complexity index is 1070. The van der Waals surface area contributed by atoms with Crippen LogP contribution in [0.3, 0.4) is 0 Å². The van der Waals surface area contributed by atoms with Gasteiger partial charge in [-0.2, -0.15) is 34.4 Å². The summed E-state index contributed by atoms with van der Waals surface area (Å²) in [5.74, 6) is 2.57. The van der Waals surface area contributed by atoms with Gasteiger partial charge >= 0.3 is 25.8 Å². The average Bonchev–Trinajstić information content (AvgIpc) is 3.39. The van der Waals surface area contributed by atoms with Gasteiger partial charge in [0.1, 0.15) is 0 Å². The molecule has 0 spiro atoms. The molecule has 242 valence electrons. The Morgan fingerprint density at radius 1 is 0.605 bits per heavy atom. The third-order valence-corrected chi connectivity index (χ3v) is 19.7. The van der Waals surface area contributed by atoms with Crippen molar-refractivity contribution in [3.8, 4) is 11.5 Å². The van der Waals surface area contributed by atoms with Crippen LogP contribution in [0.15, 0.2) is 12.1 Å². The summed E-state index contributed by atoms with van der Waals surface area (Å²) in [6.07, 6.45) is 17.1. The summed E-state index contributed by atoms with van der Waals surface area (Å²) in [7, 11) is -3.91. The standard InChI is InChI=1S/C36H60O2Si2.2ClH.Hf/c1-11-23-35(3,4)39(7,8)37-33-29(25-27-17-13-15-19-31(27)33)21-22-30-26-28-18-14-16-20-32(28)34(30)38-40(9,10)36(5,6)24-12-2;;;/h25-26H,11-24H2,1-10H3;2*1H;/q-2;;;+4/p-2. The molecule has 7 heteroatoms. The van der Waals surface area contributed by atoms with Crippen LogP contribution in [-0.4, -0.2) is 16.6 Å². The molecule has 43 heavy (non-hydrogen) atoms. The van der Waals surface area contributed by atoms with E-state index in [2.05, 4.69) is 79.9 Å². The Hall–Kier alpha value is 0.184. The van der Waals surface area contributed by atoms with Crippen molar-refractivity contribution in [2.24, 2.45) is 0 Å². The SMILES string of the molecule is CCCC(C)(C)[Si](C)(C)Oc1c(CCc2[cH-]c3c(c2O[Si](C)(C)C(C)(C)CCC)CCCC3)[cH-]c2c1CCCC2.[Cl-].[Cl-].[Hf+4]. The molecule has 0 radical (unpaired) electrons. The fourth-order valence-corrected chi connectivity index (χ4v) is 11.0. The fourth-order valence-electron chi connectivity index (χ4n) is 7.17. The van der Waals surface area contributed by atoms with E-state index in [0.717, 1.165) is 12.8 Å². The van der Waals surface area contributed by atoms with Gasteiger partial charge in [0, 0.05) is 0 Å². The first-order valence-electron chi connectivity index (χ1n) is 16.7. The van der Waals surface area contributed by atoms with Gasteiger partial charge in [0.2, 0.25) is 16.6 Å². The molecule has 0 aromatic heterocycles. The van der Waals surface area contributed by atoms with Crippen LogP contribution in [0.4, 0.5) is 0 Å². The maximum Gasteiger partial charge on any atom is 4.00 e. The topological polar surface area (TPSA) is 18.5 Å². The first-order chi connectivity index (χ1) is 18.7. The van der Waals surface area contributed by atoms with Gasteiger partial charge in [-0.15, -0.1) is 11.1 Å². The number of halogens is 2. The second-order valence-corrected chi connectivity index (χ2v) is 24.6. The van der Waals surface area contributed by atoms with E-state index in [1.54, 1.807) is 22.3 Å². The second-order valence-electron chi connectivity index (χ2n) is 15.4. The smallest absolute Gasteiger partial charge is 1.00 e. The maximum atomic E-state index is 7.26. The molecule has 0 saturated carbocycles. The van der Waals surface area contributed by atoms with Crippen LogP contribution in [0.2, 0.25) is 36.3 Å². The van der Waals surface area contributed by atoms with Crippen molar-refractivity contribution in [2.45, 2.75) is 168 Å². The molecule has 0 heterocycles. The molecular weight excluding hydrogens is 770 g/mol. The number of hydrogen-bond acceptors (Lipinski definition) is 2. The van der Waals surface area contributed by atoms with Crippen molar-refractivity contribution < 1.29 is 59.5 Å². The molecule has 0 fully saturated rings. The molecule has 2 nitrogen and oxygen atoms in total. The monoisotopic (exact) mass is 830 g/mol. The van der Waals surface area contributed by atoms with Gasteiger partial charge in [0.05, 0.1) is 0 Å². The molecule has 2 aromatic carbocycles. The fraction of sp³-hybridized carbons (Fsp3) is 0.722. The van der Waals surface area contributed by atoms with Crippen molar-refractivity contribution in [2.75, 3.05) is 0 Å². The summed E-state index contributed by atoms with van der Waals surface area (Å²) in [5.41, 5.74) is 9.16. The quantitative estimate of drug-likeness (QED) is 0.209. The zero-order valence-corrected chi connectivity index (χ0v) is 36.2. The third kappa shape index (κ3) is 8.96. The van der Waals surface area contributed by atoms with E-state index in [1.165, 1.54) is 99.7 Å². The summed E-state index contributed by atoms with van der Waals surface area (Å²) in [4.78, 5) is 0. The molecular formula is C36H60Cl2HfO2Si2. The molecule has 0 aliphatic heterocycles. The van der Waals surface area contributed by atoms with Crippen molar-refractivity contribution in [1.82, 2.24) is 0 Å². The molecule has 2 aromatic rings. The molecule has 2 aliphatic rings. The second kappa shape index (κ2) is 16.3. The van der Waals surface area contributed by atoms with Crippen molar-refractivity contribution in [3.05, 3.63) is 45.5 Å². The maximum absolute atomic E-state index is 7.26. The van der Waals surface area contributed by atoms with Crippen LogP contribution in [0.25, 0.3) is 0 Å². The molecule has 0 N–H and O–H groups in total. The summed E-state index contributed by atoms with van der Waals surface area (Å²) < 4.78 is 14.5. The Labute approximate surface area is 298 Å². The first kappa shape index (κ1) is 41.2. The summed E-state index contributed by atoms with van der Waals surface area (Å²) in [6, 6.07) is 5.07. The van der Waals surface area contributed by atoms with E-state index >= 15 is 0 Å². The Kier molecular flexibility index (Phi) is 15.7. The van der Waals surface area contributed by atoms with Crippen LogP contribution in [0.5, 0.6) is 11.5 Å². The van der Waals surface area contributed by atoms with Crippen LogP contribution >= 0.6 is 0 Å². The number of rotatable bonds is 13. The molecule has 2 aliphatic carbocycles. The van der Waals surface area contributed by atoms with Crippen molar-refractivity contribution >= 4 is 16.6 Å². The molecule has 4 rings (SSSR count). The Morgan fingerprint density at radius 3 is 1.26 bits per heavy atom. The minimum atomic E-state index is -1.95. The largest absolute Gasteiger partial charge is 4.00 e. The predicted molar refractivity (Wildman–Crippen MR) is 179 cm³/mol. The molecule has 0 bridgehead atoms. The van der Waals surface area contributed by atoms with Crippen LogP contribution in [0.1, 0.15) is 126 Å². The minimum Gasteiger partial charge on any atom is -1.00 e. The van der Waals surface area contributed by atoms with E-state index in [1.807, 2.05) is 0 Å². The van der Waals surface area contributed by atoms with E-state index < -0.39 is 16.6 Å². The predicted octanol–water partition coefficient (Wildman–Crippen LogP) is 5.00. The molecule has 0 atom stereocenters. The zero-order valence-electron chi connectivity index (χ0n) is 29.1. The van der Waals surface area contributed by atoms with E-state index in [4.69, 9.17) is 8.85 Å². The van der Waals surface area contributed by atoms with E-state index in [-0.39, 0.29) is 60.7 Å². The van der Waals surface area contributed by atoms with Gasteiger partial charge in [-0.1, -0.05) is 106 Å². The number of aryl methyl sites for hydroxylation is 4. The first-order valence-corrected chi connectivity index (χ1v) is 22.5. The normalized spacial score (nSPS) is 15.4. The third-order valence-electron chi connectivity index (χ3n) is 11.2. The van der Waals surface area contributed by atoms with Crippen LogP contribution in [-0.2, 0) is 64.4 Å². The van der Waals surface area contributed by atoms with E-state index in [0.29, 0.717) is 0 Å². The van der Waals surface area contributed by atoms with E-state index in [9.17, 15) is 0 Å². The van der Waals surface area contributed by atoms with Crippen molar-refractivity contribution in [3.63, 3.8) is 0 Å². The Morgan fingerprint density at radius 2 is 0.930 bits per heavy atom. The summed E-state index contributed by atoms with van der Waals surface area (Å²) in [6.45, 7) is 24.2. The molecule has 0 amide bonds. The van der Waals surface area contributed by atoms with Gasteiger partial charge in [0.25, 0.3) is 0 Å². The van der Waals surface area contributed by atoms with Crippen LogP contribution in [0, 0.1) is 0 Å². The summed E-state index contributed by atoms with van der Waals surface area (Å²) in [5, 5.41) is 0.510. The van der Waals surface area contributed by atoms with Crippen molar-refractivity contribution in [1.29, 1.82) is 0 Å². The Balaban J connectivity index is 0.00000308. The summed E-state index contributed by atoms with van der Waals surface area (Å²) >= 11 is 0.